The van der Waals surface area contributed by atoms with Crippen LogP contribution < -0.4 is 10.1 Å². The lowest BCUT2D eigenvalue weighted by Crippen LogP contribution is -2.48. The van der Waals surface area contributed by atoms with E-state index in [1.54, 1.807) is 6.20 Å². The third kappa shape index (κ3) is 4.37. The third-order valence-corrected chi connectivity index (χ3v) is 4.44. The first kappa shape index (κ1) is 17.4. The number of nitrogens with one attached hydrogen (secondary N) is 1. The molecule has 1 amide bonds. The summed E-state index contributed by atoms with van der Waals surface area (Å²) in [7, 11) is 0. The fraction of sp³-hybridized carbons (Fsp3) is 0.400. The van der Waals surface area contributed by atoms with Gasteiger partial charge in [-0.25, -0.2) is 0 Å². The molecule has 2 heterocycles. The SMILES string of the molecule is CCCCOc1ccc(C(=O)N2CCNCC2c2cccnc2)cc1. The number of rotatable bonds is 6. The van der Waals surface area contributed by atoms with E-state index in [9.17, 15) is 4.79 Å². The van der Waals surface area contributed by atoms with E-state index in [2.05, 4.69) is 17.2 Å². The minimum atomic E-state index is 0.00966. The minimum Gasteiger partial charge on any atom is -0.494 e. The van der Waals surface area contributed by atoms with Crippen LogP contribution in [0.1, 0.15) is 41.7 Å². The quantitative estimate of drug-likeness (QED) is 0.822. The van der Waals surface area contributed by atoms with E-state index >= 15 is 0 Å². The van der Waals surface area contributed by atoms with E-state index in [4.69, 9.17) is 4.74 Å². The van der Waals surface area contributed by atoms with Crippen molar-refractivity contribution in [3.63, 3.8) is 0 Å². The number of benzene rings is 1. The number of amides is 1. The van der Waals surface area contributed by atoms with Crippen LogP contribution in [0.4, 0.5) is 0 Å². The number of ether oxygens (including phenoxy) is 1. The molecule has 1 atom stereocenters. The topological polar surface area (TPSA) is 54.5 Å². The molecule has 3 rings (SSSR count). The van der Waals surface area contributed by atoms with Gasteiger partial charge in [-0.2, -0.15) is 0 Å². The number of hydrogen-bond acceptors (Lipinski definition) is 4. The Hall–Kier alpha value is -2.40. The van der Waals surface area contributed by atoms with E-state index in [1.807, 2.05) is 47.5 Å². The van der Waals surface area contributed by atoms with Crippen LogP contribution >= 0.6 is 0 Å². The highest BCUT2D eigenvalue weighted by molar-refractivity contribution is 5.94. The molecule has 0 spiro atoms. The zero-order valence-electron chi connectivity index (χ0n) is 14.6. The second-order valence-electron chi connectivity index (χ2n) is 6.23. The summed E-state index contributed by atoms with van der Waals surface area (Å²) in [6, 6.07) is 11.4. The summed E-state index contributed by atoms with van der Waals surface area (Å²) in [5, 5.41) is 3.37. The first-order chi connectivity index (χ1) is 12.3. The first-order valence-electron chi connectivity index (χ1n) is 8.94. The highest BCUT2D eigenvalue weighted by atomic mass is 16.5. The zero-order chi connectivity index (χ0) is 17.5. The van der Waals surface area contributed by atoms with Crippen LogP contribution in [0, 0.1) is 0 Å². The number of carbonyl (C=O) groups is 1. The molecule has 0 saturated carbocycles. The molecule has 25 heavy (non-hydrogen) atoms. The maximum atomic E-state index is 13.0. The number of hydrogen-bond donors (Lipinski definition) is 1. The maximum absolute atomic E-state index is 13.0. The van der Waals surface area contributed by atoms with Crippen molar-refractivity contribution in [3.8, 4) is 5.75 Å². The lowest BCUT2D eigenvalue weighted by molar-refractivity contribution is 0.0634. The Kier molecular flexibility index (Phi) is 6.01. The molecule has 0 radical (unpaired) electrons. The predicted octanol–water partition coefficient (Wildman–Crippen LogP) is 3.05. The van der Waals surface area contributed by atoms with Crippen molar-refractivity contribution in [1.82, 2.24) is 15.2 Å². The Morgan fingerprint density at radius 3 is 2.88 bits per heavy atom. The summed E-state index contributed by atoms with van der Waals surface area (Å²) in [6.07, 6.45) is 5.73. The molecule has 0 bridgehead atoms. The summed E-state index contributed by atoms with van der Waals surface area (Å²) >= 11 is 0. The van der Waals surface area contributed by atoms with Crippen LogP contribution in [0.2, 0.25) is 0 Å². The lowest BCUT2D eigenvalue weighted by atomic mass is 10.0. The van der Waals surface area contributed by atoms with Gasteiger partial charge in [-0.1, -0.05) is 19.4 Å². The Labute approximate surface area is 149 Å². The number of aromatic nitrogens is 1. The van der Waals surface area contributed by atoms with Gasteiger partial charge in [0.1, 0.15) is 5.75 Å². The molecule has 1 aromatic carbocycles. The van der Waals surface area contributed by atoms with Crippen LogP contribution in [0.5, 0.6) is 5.75 Å². The molecule has 5 heteroatoms. The average molecular weight is 339 g/mol. The number of unbranched alkanes of at least 4 members (excludes halogenated alkanes) is 1. The van der Waals surface area contributed by atoms with Gasteiger partial charge in [0.15, 0.2) is 0 Å². The van der Waals surface area contributed by atoms with Crippen molar-refractivity contribution in [1.29, 1.82) is 0 Å². The van der Waals surface area contributed by atoms with Gasteiger partial charge in [0, 0.05) is 37.6 Å². The van der Waals surface area contributed by atoms with Crippen LogP contribution in [-0.2, 0) is 0 Å². The Bertz CT molecular complexity index is 673. The van der Waals surface area contributed by atoms with Gasteiger partial charge >= 0.3 is 0 Å². The van der Waals surface area contributed by atoms with E-state index < -0.39 is 0 Å². The largest absolute Gasteiger partial charge is 0.494 e. The molecule has 1 aliphatic heterocycles. The third-order valence-electron chi connectivity index (χ3n) is 4.44. The molecule has 1 saturated heterocycles. The van der Waals surface area contributed by atoms with Gasteiger partial charge in [-0.15, -0.1) is 0 Å². The van der Waals surface area contributed by atoms with Gasteiger partial charge in [0.05, 0.1) is 12.6 Å². The molecule has 2 aromatic rings. The summed E-state index contributed by atoms with van der Waals surface area (Å²) in [4.78, 5) is 19.1. The Balaban J connectivity index is 1.72. The second-order valence-corrected chi connectivity index (χ2v) is 6.23. The molecule has 1 fully saturated rings. The minimum absolute atomic E-state index is 0.00966. The highest BCUT2D eigenvalue weighted by Crippen LogP contribution is 2.24. The fourth-order valence-electron chi connectivity index (χ4n) is 3.01. The molecule has 132 valence electrons. The zero-order valence-corrected chi connectivity index (χ0v) is 14.6. The van der Waals surface area contributed by atoms with Crippen molar-refractivity contribution in [2.24, 2.45) is 0 Å². The van der Waals surface area contributed by atoms with Gasteiger partial charge in [-0.3, -0.25) is 9.78 Å². The van der Waals surface area contributed by atoms with E-state index in [0.29, 0.717) is 18.7 Å². The molecule has 1 aromatic heterocycles. The first-order valence-corrected chi connectivity index (χ1v) is 8.94. The number of pyridine rings is 1. The van der Waals surface area contributed by atoms with Crippen LogP contribution in [0.15, 0.2) is 48.8 Å². The van der Waals surface area contributed by atoms with Crippen LogP contribution in [-0.4, -0.2) is 42.0 Å². The predicted molar refractivity (Wildman–Crippen MR) is 97.7 cm³/mol. The summed E-state index contributed by atoms with van der Waals surface area (Å²) < 4.78 is 5.67. The van der Waals surface area contributed by atoms with E-state index in [0.717, 1.165) is 37.2 Å². The second kappa shape index (κ2) is 8.62. The Morgan fingerprint density at radius 1 is 1.32 bits per heavy atom. The number of piperazine rings is 1. The van der Waals surface area contributed by atoms with Crippen molar-refractivity contribution < 1.29 is 9.53 Å². The van der Waals surface area contributed by atoms with Crippen molar-refractivity contribution >= 4 is 5.91 Å². The fourth-order valence-corrected chi connectivity index (χ4v) is 3.01. The van der Waals surface area contributed by atoms with Crippen molar-refractivity contribution in [2.75, 3.05) is 26.2 Å². The summed E-state index contributed by atoms with van der Waals surface area (Å²) in [5.74, 6) is 0.865. The maximum Gasteiger partial charge on any atom is 0.254 e. The number of nitrogens with zero attached hydrogens (tertiary/aromatic N) is 2. The summed E-state index contributed by atoms with van der Waals surface area (Å²) in [5.41, 5.74) is 1.75. The number of carbonyl (C=O) groups excluding carboxylic acids is 1. The van der Waals surface area contributed by atoms with Crippen molar-refractivity contribution in [2.45, 2.75) is 25.8 Å². The monoisotopic (exact) mass is 339 g/mol. The van der Waals surface area contributed by atoms with Gasteiger partial charge in [0.25, 0.3) is 5.91 Å². The normalized spacial score (nSPS) is 17.3. The van der Waals surface area contributed by atoms with Crippen molar-refractivity contribution in [3.05, 3.63) is 59.9 Å². The van der Waals surface area contributed by atoms with E-state index in [1.165, 1.54) is 0 Å². The lowest BCUT2D eigenvalue weighted by Gasteiger charge is -2.36. The van der Waals surface area contributed by atoms with Gasteiger partial charge < -0.3 is 15.0 Å². The van der Waals surface area contributed by atoms with Gasteiger partial charge in [0.2, 0.25) is 0 Å². The molecular formula is C20H25N3O2. The Morgan fingerprint density at radius 2 is 2.16 bits per heavy atom. The molecule has 1 N–H and O–H groups in total. The average Bonchev–Trinajstić information content (AvgIpc) is 2.69. The molecule has 1 aliphatic rings. The van der Waals surface area contributed by atoms with Crippen LogP contribution in [0.25, 0.3) is 0 Å². The molecule has 1 unspecified atom stereocenters. The van der Waals surface area contributed by atoms with E-state index in [-0.39, 0.29) is 11.9 Å². The highest BCUT2D eigenvalue weighted by Gasteiger charge is 2.28. The molecular weight excluding hydrogens is 314 g/mol. The summed E-state index contributed by atoms with van der Waals surface area (Å²) in [6.45, 7) is 5.09. The van der Waals surface area contributed by atoms with Crippen LogP contribution in [0.3, 0.4) is 0 Å². The molecule has 0 aliphatic carbocycles. The molecule has 5 nitrogen and oxygen atoms in total. The smallest absolute Gasteiger partial charge is 0.254 e. The van der Waals surface area contributed by atoms with Gasteiger partial charge in [-0.05, 0) is 42.3 Å². The standard InChI is InChI=1S/C20H25N3O2/c1-2-3-13-25-18-8-6-16(7-9-18)20(24)23-12-11-22-15-19(23)17-5-4-10-21-14-17/h4-10,14,19,22H,2-3,11-13,15H2,1H3.